The average Bonchev–Trinajstić information content (AvgIpc) is 3.18. The van der Waals surface area contributed by atoms with Crippen molar-refractivity contribution in [1.82, 2.24) is 15.8 Å². The highest BCUT2D eigenvalue weighted by atomic mass is 32.1. The highest BCUT2D eigenvalue weighted by Gasteiger charge is 2.53. The molecular formula is C20H27N3O3S. The Kier molecular flexibility index (Phi) is 4.74. The topological polar surface area (TPSA) is 78.5 Å². The van der Waals surface area contributed by atoms with E-state index < -0.39 is 11.6 Å². The van der Waals surface area contributed by atoms with Crippen LogP contribution in [-0.2, 0) is 17.6 Å². The van der Waals surface area contributed by atoms with Crippen molar-refractivity contribution in [3.8, 4) is 0 Å². The molecule has 3 aliphatic rings. The molecule has 4 amide bonds. The zero-order valence-corrected chi connectivity index (χ0v) is 16.8. The molecule has 2 fully saturated rings. The quantitative estimate of drug-likeness (QED) is 0.778. The fourth-order valence-corrected chi connectivity index (χ4v) is 5.63. The highest BCUT2D eigenvalue weighted by Crippen LogP contribution is 2.36. The van der Waals surface area contributed by atoms with Gasteiger partial charge in [0, 0.05) is 4.88 Å². The molecule has 1 saturated heterocycles. The Bertz CT molecular complexity index is 779. The number of thiophene rings is 1. The summed E-state index contributed by atoms with van der Waals surface area (Å²) >= 11 is 1.49. The van der Waals surface area contributed by atoms with Gasteiger partial charge in [-0.1, -0.05) is 20.3 Å². The molecule has 1 aromatic heterocycles. The number of amides is 4. The summed E-state index contributed by atoms with van der Waals surface area (Å²) in [5.41, 5.74) is 2.97. The number of carbonyl (C=O) groups excluding carboxylic acids is 3. The molecule has 7 heteroatoms. The van der Waals surface area contributed by atoms with Crippen LogP contribution in [0.1, 0.15) is 72.5 Å². The Hall–Kier alpha value is -1.89. The third-order valence-electron chi connectivity index (χ3n) is 6.49. The van der Waals surface area contributed by atoms with Crippen LogP contribution < -0.4 is 10.7 Å². The molecule has 1 aliphatic heterocycles. The fraction of sp³-hybridized carbons (Fsp3) is 0.650. The summed E-state index contributed by atoms with van der Waals surface area (Å²) in [4.78, 5) is 39.8. The van der Waals surface area contributed by atoms with Gasteiger partial charge in [-0.15, -0.1) is 11.3 Å². The lowest BCUT2D eigenvalue weighted by atomic mass is 9.77. The first-order chi connectivity index (χ1) is 12.9. The molecule has 0 radical (unpaired) electrons. The van der Waals surface area contributed by atoms with Crippen molar-refractivity contribution in [2.75, 3.05) is 0 Å². The van der Waals surface area contributed by atoms with Gasteiger partial charge in [0.25, 0.3) is 11.8 Å². The van der Waals surface area contributed by atoms with Crippen molar-refractivity contribution in [3.05, 3.63) is 21.4 Å². The van der Waals surface area contributed by atoms with E-state index in [4.69, 9.17) is 0 Å². The van der Waals surface area contributed by atoms with Crippen LogP contribution in [0.4, 0.5) is 4.79 Å². The van der Waals surface area contributed by atoms with Gasteiger partial charge in [0.2, 0.25) is 0 Å². The molecule has 2 heterocycles. The molecule has 0 unspecified atom stereocenters. The van der Waals surface area contributed by atoms with E-state index in [0.717, 1.165) is 37.1 Å². The highest BCUT2D eigenvalue weighted by molar-refractivity contribution is 7.14. The SMILES string of the molecule is CC[C@@H]1CCc2sc(C(=O)NN3C(=O)NC4(CCC(C)CC4)C3=O)cc2C1. The molecule has 2 aliphatic carbocycles. The van der Waals surface area contributed by atoms with E-state index in [2.05, 4.69) is 24.6 Å². The molecule has 2 N–H and O–H groups in total. The van der Waals surface area contributed by atoms with Crippen LogP contribution in [0, 0.1) is 11.8 Å². The van der Waals surface area contributed by atoms with Crippen LogP contribution in [-0.4, -0.2) is 28.4 Å². The zero-order chi connectivity index (χ0) is 19.2. The Morgan fingerprint density at radius 3 is 2.78 bits per heavy atom. The number of hydrogen-bond acceptors (Lipinski definition) is 4. The van der Waals surface area contributed by atoms with Gasteiger partial charge in [0.05, 0.1) is 4.88 Å². The molecule has 1 atom stereocenters. The largest absolute Gasteiger partial charge is 0.344 e. The number of nitrogens with zero attached hydrogens (tertiary/aromatic N) is 1. The number of carbonyl (C=O) groups is 3. The number of hydrogen-bond donors (Lipinski definition) is 2. The van der Waals surface area contributed by atoms with Gasteiger partial charge >= 0.3 is 6.03 Å². The van der Waals surface area contributed by atoms with E-state index in [0.29, 0.717) is 29.6 Å². The van der Waals surface area contributed by atoms with Gasteiger partial charge in [-0.05, 0) is 68.4 Å². The van der Waals surface area contributed by atoms with Crippen LogP contribution in [0.15, 0.2) is 6.07 Å². The van der Waals surface area contributed by atoms with Crippen LogP contribution in [0.5, 0.6) is 0 Å². The summed E-state index contributed by atoms with van der Waals surface area (Å²) in [5.74, 6) is 0.558. The van der Waals surface area contributed by atoms with Crippen LogP contribution >= 0.6 is 11.3 Å². The lowest BCUT2D eigenvalue weighted by molar-refractivity contribution is -0.134. The summed E-state index contributed by atoms with van der Waals surface area (Å²) in [6.45, 7) is 4.37. The van der Waals surface area contributed by atoms with Gasteiger partial charge in [0.1, 0.15) is 5.54 Å². The number of imide groups is 1. The number of fused-ring (bicyclic) bond motifs is 1. The van der Waals surface area contributed by atoms with Crippen molar-refractivity contribution in [2.24, 2.45) is 11.8 Å². The van der Waals surface area contributed by atoms with E-state index in [1.165, 1.54) is 28.2 Å². The molecule has 0 aromatic carbocycles. The van der Waals surface area contributed by atoms with Gasteiger partial charge in [-0.3, -0.25) is 15.0 Å². The normalized spacial score (nSPS) is 30.4. The van der Waals surface area contributed by atoms with E-state index in [1.54, 1.807) is 0 Å². The number of aryl methyl sites for hydroxylation is 1. The summed E-state index contributed by atoms with van der Waals surface area (Å²) in [6, 6.07) is 1.42. The minimum absolute atomic E-state index is 0.319. The number of nitrogens with one attached hydrogen (secondary N) is 2. The molecule has 0 bridgehead atoms. The first-order valence-corrected chi connectivity index (χ1v) is 10.8. The Morgan fingerprint density at radius 1 is 1.33 bits per heavy atom. The number of rotatable bonds is 3. The van der Waals surface area contributed by atoms with E-state index >= 15 is 0 Å². The maximum Gasteiger partial charge on any atom is 0.344 e. The van der Waals surface area contributed by atoms with Crippen LogP contribution in [0.3, 0.4) is 0 Å². The van der Waals surface area contributed by atoms with Crippen molar-refractivity contribution in [2.45, 2.75) is 70.8 Å². The third kappa shape index (κ3) is 3.26. The van der Waals surface area contributed by atoms with Gasteiger partial charge < -0.3 is 5.32 Å². The maximum absolute atomic E-state index is 12.9. The van der Waals surface area contributed by atoms with Crippen LogP contribution in [0.25, 0.3) is 0 Å². The van der Waals surface area contributed by atoms with Gasteiger partial charge in [0.15, 0.2) is 0 Å². The van der Waals surface area contributed by atoms with Gasteiger partial charge in [-0.2, -0.15) is 5.01 Å². The monoisotopic (exact) mass is 389 g/mol. The van der Waals surface area contributed by atoms with Crippen LogP contribution in [0.2, 0.25) is 0 Å². The average molecular weight is 390 g/mol. The molecular weight excluding hydrogens is 362 g/mol. The second-order valence-corrected chi connectivity index (χ2v) is 9.49. The lowest BCUT2D eigenvalue weighted by Gasteiger charge is -2.33. The molecule has 4 rings (SSSR count). The van der Waals surface area contributed by atoms with E-state index in [9.17, 15) is 14.4 Å². The van der Waals surface area contributed by atoms with Crippen molar-refractivity contribution >= 4 is 29.2 Å². The Labute approximate surface area is 163 Å². The molecule has 6 nitrogen and oxygen atoms in total. The predicted octanol–water partition coefficient (Wildman–Crippen LogP) is 3.41. The summed E-state index contributed by atoms with van der Waals surface area (Å²) in [5, 5.41) is 3.73. The van der Waals surface area contributed by atoms with E-state index in [-0.39, 0.29) is 11.8 Å². The smallest absolute Gasteiger partial charge is 0.322 e. The summed E-state index contributed by atoms with van der Waals surface area (Å²) in [6.07, 6.45) is 7.43. The van der Waals surface area contributed by atoms with Crippen molar-refractivity contribution < 1.29 is 14.4 Å². The first-order valence-electron chi connectivity index (χ1n) is 10.0. The number of urea groups is 1. The molecule has 146 valence electrons. The minimum atomic E-state index is -0.833. The molecule has 1 aromatic rings. The summed E-state index contributed by atoms with van der Waals surface area (Å²) < 4.78 is 0. The second kappa shape index (κ2) is 6.93. The van der Waals surface area contributed by atoms with Crippen molar-refractivity contribution in [1.29, 1.82) is 0 Å². The standard InChI is InChI=1S/C20H27N3O3S/c1-3-13-4-5-15-14(10-13)11-16(27-15)17(24)22-23-18(25)20(21-19(23)26)8-6-12(2)7-9-20/h11-13H,3-10H2,1-2H3,(H,21,26)(H,22,24)/t12?,13-,20?/m1/s1. The number of hydrazine groups is 1. The fourth-order valence-electron chi connectivity index (χ4n) is 4.53. The molecule has 1 spiro atoms. The zero-order valence-electron chi connectivity index (χ0n) is 16.0. The Balaban J connectivity index is 1.46. The summed E-state index contributed by atoms with van der Waals surface area (Å²) in [7, 11) is 0. The Morgan fingerprint density at radius 2 is 2.07 bits per heavy atom. The second-order valence-electron chi connectivity index (χ2n) is 8.35. The third-order valence-corrected chi connectivity index (χ3v) is 7.72. The lowest BCUT2D eigenvalue weighted by Crippen LogP contribution is -2.51. The van der Waals surface area contributed by atoms with Crippen molar-refractivity contribution in [3.63, 3.8) is 0 Å². The first kappa shape index (κ1) is 18.5. The predicted molar refractivity (Wildman–Crippen MR) is 103 cm³/mol. The molecule has 27 heavy (non-hydrogen) atoms. The van der Waals surface area contributed by atoms with Gasteiger partial charge in [-0.25, -0.2) is 4.79 Å². The molecule has 1 saturated carbocycles. The van der Waals surface area contributed by atoms with E-state index in [1.807, 2.05) is 6.07 Å². The maximum atomic E-state index is 12.9. The minimum Gasteiger partial charge on any atom is -0.322 e.